The molecule has 120 valence electrons. The molecule has 0 unspecified atom stereocenters. The zero-order chi connectivity index (χ0) is 16.9. The number of fused-ring (bicyclic) bond motifs is 1. The van der Waals surface area contributed by atoms with Gasteiger partial charge in [-0.3, -0.25) is 0 Å². The van der Waals surface area contributed by atoms with Crippen molar-refractivity contribution in [1.82, 2.24) is 4.98 Å². The number of hydrogen-bond donors (Lipinski definition) is 1. The molecule has 3 aromatic rings. The Labute approximate surface area is 149 Å². The first-order chi connectivity index (χ1) is 10.7. The summed E-state index contributed by atoms with van der Waals surface area (Å²) >= 11 is 12.6. The average Bonchev–Trinajstić information content (AvgIpc) is 2.88. The number of rotatable bonds is 1. The Morgan fingerprint density at radius 2 is 1.87 bits per heavy atom. The summed E-state index contributed by atoms with van der Waals surface area (Å²) in [5.41, 5.74) is 6.25. The molecule has 0 saturated carbocycles. The highest BCUT2D eigenvalue weighted by Gasteiger charge is 2.31. The van der Waals surface area contributed by atoms with Crippen molar-refractivity contribution >= 4 is 60.2 Å². The Bertz CT molecular complexity index is 925. The number of aromatic nitrogens is 1. The summed E-state index contributed by atoms with van der Waals surface area (Å²) in [6, 6.07) is 4.56. The fraction of sp³-hybridized carbons (Fsp3) is 0.0714. The van der Waals surface area contributed by atoms with Crippen LogP contribution in [0.25, 0.3) is 22.6 Å². The van der Waals surface area contributed by atoms with Crippen LogP contribution in [0.15, 0.2) is 37.6 Å². The van der Waals surface area contributed by atoms with Gasteiger partial charge in [0.2, 0.25) is 5.89 Å². The number of halogens is 6. The number of hydrogen-bond acceptors (Lipinski definition) is 3. The molecular weight excluding hydrogens is 464 g/mol. The maximum atomic E-state index is 12.9. The van der Waals surface area contributed by atoms with Gasteiger partial charge in [0, 0.05) is 4.47 Å². The van der Waals surface area contributed by atoms with Gasteiger partial charge in [-0.25, -0.2) is 4.98 Å². The van der Waals surface area contributed by atoms with Crippen LogP contribution in [0.3, 0.4) is 0 Å². The molecule has 0 radical (unpaired) electrons. The molecule has 0 aliphatic carbocycles. The summed E-state index contributed by atoms with van der Waals surface area (Å²) in [5.74, 6) is -0.0192. The molecule has 9 heteroatoms. The molecule has 23 heavy (non-hydrogen) atoms. The van der Waals surface area contributed by atoms with Crippen molar-refractivity contribution < 1.29 is 17.6 Å². The van der Waals surface area contributed by atoms with E-state index in [0.717, 1.165) is 18.2 Å². The second kappa shape index (κ2) is 5.68. The van der Waals surface area contributed by atoms with Crippen LogP contribution in [-0.4, -0.2) is 4.98 Å². The number of nitrogens with two attached hydrogens (primary N) is 1. The number of benzene rings is 2. The van der Waals surface area contributed by atoms with Gasteiger partial charge in [-0.1, -0.05) is 11.6 Å². The van der Waals surface area contributed by atoms with Gasteiger partial charge in [-0.05, 0) is 56.1 Å². The van der Waals surface area contributed by atoms with E-state index < -0.39 is 11.7 Å². The third-order valence-corrected chi connectivity index (χ3v) is 4.93. The van der Waals surface area contributed by atoms with E-state index in [1.165, 1.54) is 0 Å². The zero-order valence-corrected chi connectivity index (χ0v) is 14.9. The maximum absolute atomic E-state index is 12.9. The quantitative estimate of drug-likeness (QED) is 0.426. The first-order valence-electron chi connectivity index (χ1n) is 6.09. The molecule has 0 spiro atoms. The minimum atomic E-state index is -4.49. The molecule has 2 N–H and O–H groups in total. The van der Waals surface area contributed by atoms with Gasteiger partial charge in [-0.2, -0.15) is 13.2 Å². The van der Waals surface area contributed by atoms with E-state index in [-0.39, 0.29) is 16.5 Å². The van der Waals surface area contributed by atoms with Crippen LogP contribution in [0.1, 0.15) is 5.56 Å². The molecule has 0 aliphatic rings. The van der Waals surface area contributed by atoms with Crippen molar-refractivity contribution in [2.45, 2.75) is 6.18 Å². The largest absolute Gasteiger partial charge is 0.436 e. The van der Waals surface area contributed by atoms with E-state index in [0.29, 0.717) is 25.7 Å². The van der Waals surface area contributed by atoms with Crippen LogP contribution in [-0.2, 0) is 6.18 Å². The molecular formula is C14H6Br2ClF3N2O. The van der Waals surface area contributed by atoms with Crippen molar-refractivity contribution in [3.05, 3.63) is 43.8 Å². The van der Waals surface area contributed by atoms with Crippen molar-refractivity contribution in [3.63, 3.8) is 0 Å². The summed E-state index contributed by atoms with van der Waals surface area (Å²) in [7, 11) is 0. The van der Waals surface area contributed by atoms with Gasteiger partial charge < -0.3 is 10.2 Å². The van der Waals surface area contributed by atoms with Crippen molar-refractivity contribution in [2.75, 3.05) is 5.73 Å². The molecule has 0 fully saturated rings. The molecule has 0 saturated heterocycles. The van der Waals surface area contributed by atoms with Crippen LogP contribution >= 0.6 is 43.5 Å². The Hall–Kier alpha value is -1.25. The number of nitrogen functional groups attached to an aromatic ring is 1. The van der Waals surface area contributed by atoms with Crippen LogP contribution in [0.2, 0.25) is 5.02 Å². The lowest BCUT2D eigenvalue weighted by atomic mass is 10.1. The van der Waals surface area contributed by atoms with Gasteiger partial charge in [0.25, 0.3) is 0 Å². The van der Waals surface area contributed by atoms with Crippen LogP contribution < -0.4 is 5.73 Å². The molecule has 3 nitrogen and oxygen atoms in total. The van der Waals surface area contributed by atoms with Crippen LogP contribution in [0.5, 0.6) is 0 Å². The Balaban J connectivity index is 2.23. The van der Waals surface area contributed by atoms with E-state index in [9.17, 15) is 13.2 Å². The molecule has 0 atom stereocenters. The lowest BCUT2D eigenvalue weighted by Crippen LogP contribution is -2.04. The smallest absolute Gasteiger partial charge is 0.416 e. The zero-order valence-electron chi connectivity index (χ0n) is 11.0. The summed E-state index contributed by atoms with van der Waals surface area (Å²) in [5, 5.41) is 0.104. The van der Waals surface area contributed by atoms with E-state index in [1.54, 1.807) is 6.07 Å². The Morgan fingerprint density at radius 1 is 1.17 bits per heavy atom. The maximum Gasteiger partial charge on any atom is 0.416 e. The summed E-state index contributed by atoms with van der Waals surface area (Å²) in [6.07, 6.45) is -4.49. The van der Waals surface area contributed by atoms with Gasteiger partial charge in [0.05, 0.1) is 26.3 Å². The summed E-state index contributed by atoms with van der Waals surface area (Å²) in [4.78, 5) is 4.20. The average molecular weight is 470 g/mol. The van der Waals surface area contributed by atoms with Crippen molar-refractivity contribution in [3.8, 4) is 11.5 Å². The lowest BCUT2D eigenvalue weighted by Gasteiger charge is -2.08. The minimum Gasteiger partial charge on any atom is -0.436 e. The third-order valence-electron chi connectivity index (χ3n) is 3.14. The Kier molecular flexibility index (Phi) is 4.10. The third kappa shape index (κ3) is 2.95. The predicted molar refractivity (Wildman–Crippen MR) is 89.3 cm³/mol. The molecule has 1 aromatic heterocycles. The second-order valence-corrected chi connectivity index (χ2v) is 6.70. The molecule has 1 heterocycles. The number of anilines is 1. The van der Waals surface area contributed by atoms with E-state index in [4.69, 9.17) is 21.8 Å². The number of oxazole rings is 1. The number of nitrogens with zero attached hydrogens (tertiary/aromatic N) is 1. The van der Waals surface area contributed by atoms with E-state index >= 15 is 0 Å². The van der Waals surface area contributed by atoms with E-state index in [1.807, 2.05) is 0 Å². The molecule has 0 amide bonds. The molecule has 0 aliphatic heterocycles. The van der Waals surface area contributed by atoms with E-state index in [2.05, 4.69) is 36.8 Å². The van der Waals surface area contributed by atoms with Gasteiger partial charge >= 0.3 is 6.18 Å². The Morgan fingerprint density at radius 3 is 2.52 bits per heavy atom. The predicted octanol–water partition coefficient (Wildman–Crippen LogP) is 6.27. The second-order valence-electron chi connectivity index (χ2n) is 4.64. The minimum absolute atomic E-state index is 0.0192. The number of alkyl halides is 3. The first-order valence-corrected chi connectivity index (χ1v) is 8.06. The highest BCUT2D eigenvalue weighted by Crippen LogP contribution is 2.40. The van der Waals surface area contributed by atoms with Gasteiger partial charge in [0.1, 0.15) is 5.52 Å². The molecule has 2 aromatic carbocycles. The standard InChI is InChI=1S/C14H6Br2ClF3N2O/c15-7-4-9-12(10(16)11(7)21)22-13(23-9)6-3-5(14(18,19)20)1-2-8(6)17/h1-4H,21H2. The highest BCUT2D eigenvalue weighted by atomic mass is 79.9. The van der Waals surface area contributed by atoms with Crippen molar-refractivity contribution in [1.29, 1.82) is 0 Å². The molecule has 3 rings (SSSR count). The normalized spacial score (nSPS) is 12.1. The SMILES string of the molecule is Nc1c(Br)cc2oc(-c3cc(C(F)(F)F)ccc3Cl)nc2c1Br. The monoisotopic (exact) mass is 468 g/mol. The highest BCUT2D eigenvalue weighted by molar-refractivity contribution is 9.11. The lowest BCUT2D eigenvalue weighted by molar-refractivity contribution is -0.137. The van der Waals surface area contributed by atoms with Crippen LogP contribution in [0.4, 0.5) is 18.9 Å². The summed E-state index contributed by atoms with van der Waals surface area (Å²) < 4.78 is 45.2. The van der Waals surface area contributed by atoms with Gasteiger partial charge in [-0.15, -0.1) is 0 Å². The molecule has 0 bridgehead atoms. The van der Waals surface area contributed by atoms with Gasteiger partial charge in [0.15, 0.2) is 5.58 Å². The summed E-state index contributed by atoms with van der Waals surface area (Å²) in [6.45, 7) is 0. The topological polar surface area (TPSA) is 52.0 Å². The van der Waals surface area contributed by atoms with Crippen LogP contribution in [0, 0.1) is 0 Å². The first kappa shape index (κ1) is 16.6. The van der Waals surface area contributed by atoms with Crippen molar-refractivity contribution in [2.24, 2.45) is 0 Å². The fourth-order valence-electron chi connectivity index (χ4n) is 1.99. The fourth-order valence-corrected chi connectivity index (χ4v) is 3.36.